The third kappa shape index (κ3) is 2.57. The molecule has 2 nitrogen and oxygen atoms in total. The van der Waals surface area contributed by atoms with E-state index in [2.05, 4.69) is 10.2 Å². The molecule has 2 rings (SSSR count). The predicted molar refractivity (Wildman–Crippen MR) is 59.1 cm³/mol. The Morgan fingerprint density at radius 1 is 1.44 bits per heavy atom. The molecule has 0 spiro atoms. The second kappa shape index (κ2) is 4.89. The lowest BCUT2D eigenvalue weighted by atomic mass is 10.2. The summed E-state index contributed by atoms with van der Waals surface area (Å²) in [6.07, 6.45) is 1.06. The quantitative estimate of drug-likeness (QED) is 0.844. The zero-order valence-corrected chi connectivity index (χ0v) is 9.34. The van der Waals surface area contributed by atoms with Gasteiger partial charge in [0.15, 0.2) is 0 Å². The van der Waals surface area contributed by atoms with Gasteiger partial charge in [-0.1, -0.05) is 0 Å². The summed E-state index contributed by atoms with van der Waals surface area (Å²) in [6.45, 7) is 2.32. The molecule has 0 aromatic heterocycles. The Labute approximate surface area is 94.3 Å². The number of rotatable bonds is 3. The van der Waals surface area contributed by atoms with Gasteiger partial charge in [0, 0.05) is 31.2 Å². The van der Waals surface area contributed by atoms with Crippen LogP contribution < -0.4 is 5.32 Å². The van der Waals surface area contributed by atoms with Gasteiger partial charge in [-0.05, 0) is 31.7 Å². The molecule has 1 aliphatic heterocycles. The van der Waals surface area contributed by atoms with E-state index in [1.54, 1.807) is 0 Å². The highest BCUT2D eigenvalue weighted by atomic mass is 19.1. The summed E-state index contributed by atoms with van der Waals surface area (Å²) in [7, 11) is 1.93. The maximum absolute atomic E-state index is 13.4. The van der Waals surface area contributed by atoms with Crippen LogP contribution in [0.3, 0.4) is 0 Å². The van der Waals surface area contributed by atoms with Gasteiger partial charge in [-0.25, -0.2) is 8.78 Å². The lowest BCUT2D eigenvalue weighted by Gasteiger charge is -2.16. The van der Waals surface area contributed by atoms with Crippen molar-refractivity contribution in [2.45, 2.75) is 19.0 Å². The van der Waals surface area contributed by atoms with Gasteiger partial charge in [0.25, 0.3) is 0 Å². The molecule has 1 heterocycles. The molecule has 0 amide bonds. The van der Waals surface area contributed by atoms with Crippen LogP contribution in [-0.4, -0.2) is 31.1 Å². The van der Waals surface area contributed by atoms with Crippen molar-refractivity contribution in [3.05, 3.63) is 35.4 Å². The third-order valence-corrected chi connectivity index (χ3v) is 3.08. The third-order valence-electron chi connectivity index (χ3n) is 3.08. The number of hydrogen-bond donors (Lipinski definition) is 1. The summed E-state index contributed by atoms with van der Waals surface area (Å²) < 4.78 is 26.4. The van der Waals surface area contributed by atoms with Gasteiger partial charge >= 0.3 is 0 Å². The Morgan fingerprint density at radius 3 is 2.94 bits per heavy atom. The van der Waals surface area contributed by atoms with Crippen molar-refractivity contribution in [3.63, 3.8) is 0 Å². The minimum Gasteiger partial charge on any atom is -0.316 e. The normalized spacial score (nSPS) is 21.6. The fourth-order valence-corrected chi connectivity index (χ4v) is 2.12. The minimum absolute atomic E-state index is 0.325. The molecular weight excluding hydrogens is 210 g/mol. The lowest BCUT2D eigenvalue weighted by molar-refractivity contribution is 0.316. The largest absolute Gasteiger partial charge is 0.316 e. The Morgan fingerprint density at radius 2 is 2.25 bits per heavy atom. The van der Waals surface area contributed by atoms with E-state index in [1.807, 2.05) is 7.05 Å². The Kier molecular flexibility index (Phi) is 3.51. The summed E-state index contributed by atoms with van der Waals surface area (Å²) in [5.41, 5.74) is 0.441. The highest BCUT2D eigenvalue weighted by molar-refractivity contribution is 5.18. The standard InChI is InChI=1S/C12H16F2N2/c1-15-11-4-5-16(8-11)7-9-6-10(13)2-3-12(9)14/h2-3,6,11,15H,4-5,7-8H2,1H3. The van der Waals surface area contributed by atoms with Crippen molar-refractivity contribution in [1.82, 2.24) is 10.2 Å². The first-order chi connectivity index (χ1) is 7.69. The van der Waals surface area contributed by atoms with Crippen LogP contribution in [0.4, 0.5) is 8.78 Å². The van der Waals surface area contributed by atoms with E-state index in [0.29, 0.717) is 18.2 Å². The summed E-state index contributed by atoms with van der Waals surface area (Å²) in [4.78, 5) is 2.14. The Bertz CT molecular complexity index is 368. The monoisotopic (exact) mass is 226 g/mol. The second-order valence-corrected chi connectivity index (χ2v) is 4.25. The zero-order chi connectivity index (χ0) is 11.5. The number of nitrogens with zero attached hydrogens (tertiary/aromatic N) is 1. The Balaban J connectivity index is 2.01. The number of likely N-dealkylation sites (N-methyl/N-ethyl adjacent to an activating group) is 1. The average Bonchev–Trinajstić information content (AvgIpc) is 2.71. The summed E-state index contributed by atoms with van der Waals surface area (Å²) in [5, 5.41) is 3.20. The van der Waals surface area contributed by atoms with Crippen molar-refractivity contribution >= 4 is 0 Å². The van der Waals surface area contributed by atoms with Crippen LogP contribution in [-0.2, 0) is 6.54 Å². The highest BCUT2D eigenvalue weighted by Crippen LogP contribution is 2.16. The molecule has 1 fully saturated rings. The highest BCUT2D eigenvalue weighted by Gasteiger charge is 2.21. The van der Waals surface area contributed by atoms with Crippen molar-refractivity contribution in [2.24, 2.45) is 0 Å². The topological polar surface area (TPSA) is 15.3 Å². The number of likely N-dealkylation sites (tertiary alicyclic amines) is 1. The number of benzene rings is 1. The molecule has 1 atom stereocenters. The van der Waals surface area contributed by atoms with Crippen molar-refractivity contribution in [2.75, 3.05) is 20.1 Å². The molecular formula is C12H16F2N2. The summed E-state index contributed by atoms with van der Waals surface area (Å²) in [6, 6.07) is 4.09. The van der Waals surface area contributed by atoms with E-state index >= 15 is 0 Å². The van der Waals surface area contributed by atoms with Crippen LogP contribution in [0.15, 0.2) is 18.2 Å². The van der Waals surface area contributed by atoms with Crippen LogP contribution in [0.2, 0.25) is 0 Å². The van der Waals surface area contributed by atoms with Crippen molar-refractivity contribution in [1.29, 1.82) is 0 Å². The molecule has 0 saturated carbocycles. The van der Waals surface area contributed by atoms with E-state index in [0.717, 1.165) is 25.6 Å². The fraction of sp³-hybridized carbons (Fsp3) is 0.500. The van der Waals surface area contributed by atoms with Gasteiger partial charge < -0.3 is 5.32 Å². The van der Waals surface area contributed by atoms with Crippen molar-refractivity contribution in [3.8, 4) is 0 Å². The van der Waals surface area contributed by atoms with Gasteiger partial charge in [0.05, 0.1) is 0 Å². The molecule has 0 aliphatic carbocycles. The SMILES string of the molecule is CNC1CCN(Cc2cc(F)ccc2F)C1. The number of hydrogen-bond acceptors (Lipinski definition) is 2. The molecule has 0 radical (unpaired) electrons. The molecule has 1 aromatic rings. The van der Waals surface area contributed by atoms with Crippen molar-refractivity contribution < 1.29 is 8.78 Å². The van der Waals surface area contributed by atoms with Gasteiger partial charge in [-0.15, -0.1) is 0 Å². The molecule has 1 unspecified atom stereocenters. The minimum atomic E-state index is -0.374. The first-order valence-electron chi connectivity index (χ1n) is 5.52. The van der Waals surface area contributed by atoms with Crippen LogP contribution in [0.1, 0.15) is 12.0 Å². The van der Waals surface area contributed by atoms with Crippen LogP contribution in [0, 0.1) is 11.6 Å². The van der Waals surface area contributed by atoms with Gasteiger partial charge in [-0.3, -0.25) is 4.90 Å². The molecule has 1 aromatic carbocycles. The van der Waals surface area contributed by atoms with E-state index in [9.17, 15) is 8.78 Å². The number of halogens is 2. The van der Waals surface area contributed by atoms with Crippen LogP contribution >= 0.6 is 0 Å². The second-order valence-electron chi connectivity index (χ2n) is 4.25. The first-order valence-corrected chi connectivity index (χ1v) is 5.52. The van der Waals surface area contributed by atoms with E-state index in [4.69, 9.17) is 0 Å². The fourth-order valence-electron chi connectivity index (χ4n) is 2.12. The zero-order valence-electron chi connectivity index (χ0n) is 9.34. The van der Waals surface area contributed by atoms with Crippen LogP contribution in [0.5, 0.6) is 0 Å². The molecule has 1 aliphatic rings. The van der Waals surface area contributed by atoms with Gasteiger partial charge in [0.1, 0.15) is 11.6 Å². The molecule has 1 saturated heterocycles. The number of nitrogens with one attached hydrogen (secondary N) is 1. The Hall–Kier alpha value is -1.00. The molecule has 4 heteroatoms. The molecule has 1 N–H and O–H groups in total. The van der Waals surface area contributed by atoms with E-state index in [-0.39, 0.29) is 11.6 Å². The average molecular weight is 226 g/mol. The molecule has 0 bridgehead atoms. The van der Waals surface area contributed by atoms with Gasteiger partial charge in [-0.2, -0.15) is 0 Å². The maximum atomic E-state index is 13.4. The smallest absolute Gasteiger partial charge is 0.127 e. The van der Waals surface area contributed by atoms with E-state index in [1.165, 1.54) is 12.1 Å². The van der Waals surface area contributed by atoms with Gasteiger partial charge in [0.2, 0.25) is 0 Å². The summed E-state index contributed by atoms with van der Waals surface area (Å²) >= 11 is 0. The maximum Gasteiger partial charge on any atom is 0.127 e. The van der Waals surface area contributed by atoms with E-state index < -0.39 is 0 Å². The molecule has 88 valence electrons. The summed E-state index contributed by atoms with van der Waals surface area (Å²) in [5.74, 6) is -0.699. The predicted octanol–water partition coefficient (Wildman–Crippen LogP) is 1.76. The first kappa shape index (κ1) is 11.5. The molecule has 16 heavy (non-hydrogen) atoms. The lowest BCUT2D eigenvalue weighted by Crippen LogP contribution is -2.29. The van der Waals surface area contributed by atoms with Crippen LogP contribution in [0.25, 0.3) is 0 Å².